The number of nitriles is 1. The third-order valence-corrected chi connectivity index (χ3v) is 3.41. The van der Waals surface area contributed by atoms with Crippen molar-refractivity contribution in [1.82, 2.24) is 0 Å². The molecule has 0 saturated heterocycles. The fraction of sp³-hybridized carbons (Fsp3) is 0.500. The average molecular weight is 214 g/mol. The Kier molecular flexibility index (Phi) is 3.14. The van der Waals surface area contributed by atoms with Crippen molar-refractivity contribution in [1.29, 1.82) is 5.26 Å². The Balaban J connectivity index is 1.92. The summed E-state index contributed by atoms with van der Waals surface area (Å²) >= 11 is 0. The van der Waals surface area contributed by atoms with Gasteiger partial charge in [0.1, 0.15) is 0 Å². The predicted octanol–water partition coefficient (Wildman–Crippen LogP) is 3.35. The third kappa shape index (κ3) is 2.55. The molecule has 2 heteroatoms. The summed E-state index contributed by atoms with van der Waals surface area (Å²) < 4.78 is 0. The molecule has 1 aliphatic rings. The van der Waals surface area contributed by atoms with Crippen LogP contribution in [-0.2, 0) is 6.42 Å². The van der Waals surface area contributed by atoms with Crippen LogP contribution in [0.25, 0.3) is 0 Å². The first-order valence-corrected chi connectivity index (χ1v) is 5.98. The van der Waals surface area contributed by atoms with Gasteiger partial charge in [-0.05, 0) is 37.0 Å². The Bertz CT molecular complexity index is 399. The summed E-state index contributed by atoms with van der Waals surface area (Å²) in [5.74, 6) is 0. The lowest BCUT2D eigenvalue weighted by molar-refractivity contribution is 0.557. The molecular weight excluding hydrogens is 196 g/mol. The highest BCUT2D eigenvalue weighted by Gasteiger charge is 2.42. The van der Waals surface area contributed by atoms with Crippen molar-refractivity contribution in [2.24, 2.45) is 5.41 Å². The smallest absolute Gasteiger partial charge is 0.0628 e. The Hall–Kier alpha value is -1.49. The molecule has 0 bridgehead atoms. The Morgan fingerprint density at radius 2 is 2.25 bits per heavy atom. The van der Waals surface area contributed by atoms with E-state index in [0.29, 0.717) is 6.42 Å². The zero-order chi connectivity index (χ0) is 11.4. The van der Waals surface area contributed by atoms with E-state index in [0.717, 1.165) is 13.0 Å². The van der Waals surface area contributed by atoms with Crippen LogP contribution in [0.5, 0.6) is 0 Å². The standard InChI is InChI=1S/C14H18N2/c1-2-12-4-3-5-13(10-12)16-11-14(6-7-14)8-9-15/h3-5,10,16H,2,6-8,11H2,1H3. The predicted molar refractivity (Wildman–Crippen MR) is 66.2 cm³/mol. The molecule has 1 aliphatic carbocycles. The van der Waals surface area contributed by atoms with Crippen LogP contribution in [0.3, 0.4) is 0 Å². The molecule has 0 radical (unpaired) electrons. The lowest BCUT2D eigenvalue weighted by atomic mass is 10.0. The number of aryl methyl sites for hydroxylation is 1. The van der Waals surface area contributed by atoms with E-state index < -0.39 is 0 Å². The minimum absolute atomic E-state index is 0.275. The van der Waals surface area contributed by atoms with E-state index in [4.69, 9.17) is 5.26 Å². The molecule has 0 aliphatic heterocycles. The molecule has 1 fully saturated rings. The van der Waals surface area contributed by atoms with Crippen LogP contribution in [-0.4, -0.2) is 6.54 Å². The second kappa shape index (κ2) is 4.57. The summed E-state index contributed by atoms with van der Waals surface area (Å²) in [6.45, 7) is 3.10. The number of hydrogen-bond acceptors (Lipinski definition) is 2. The van der Waals surface area contributed by atoms with Gasteiger partial charge in [0.15, 0.2) is 0 Å². The van der Waals surface area contributed by atoms with Crippen molar-refractivity contribution in [3.8, 4) is 6.07 Å². The van der Waals surface area contributed by atoms with Gasteiger partial charge < -0.3 is 5.32 Å². The Morgan fingerprint density at radius 1 is 1.44 bits per heavy atom. The average Bonchev–Trinajstić information content (AvgIpc) is 3.08. The van der Waals surface area contributed by atoms with E-state index in [1.165, 1.54) is 24.1 Å². The number of nitrogens with zero attached hydrogens (tertiary/aromatic N) is 1. The summed E-state index contributed by atoms with van der Waals surface area (Å²) in [7, 11) is 0. The number of nitrogens with one attached hydrogen (secondary N) is 1. The van der Waals surface area contributed by atoms with Gasteiger partial charge in [0.25, 0.3) is 0 Å². The zero-order valence-electron chi connectivity index (χ0n) is 9.79. The van der Waals surface area contributed by atoms with Gasteiger partial charge in [-0.2, -0.15) is 5.26 Å². The molecule has 0 spiro atoms. The van der Waals surface area contributed by atoms with Gasteiger partial charge in [0, 0.05) is 24.1 Å². The van der Waals surface area contributed by atoms with Gasteiger partial charge in [-0.25, -0.2) is 0 Å². The minimum atomic E-state index is 0.275. The van der Waals surface area contributed by atoms with E-state index in [1.807, 2.05) is 0 Å². The van der Waals surface area contributed by atoms with Crippen molar-refractivity contribution in [3.05, 3.63) is 29.8 Å². The van der Waals surface area contributed by atoms with E-state index >= 15 is 0 Å². The van der Waals surface area contributed by atoms with E-state index in [1.54, 1.807) is 0 Å². The molecule has 1 aromatic carbocycles. The molecule has 84 valence electrons. The van der Waals surface area contributed by atoms with E-state index in [2.05, 4.69) is 42.6 Å². The van der Waals surface area contributed by atoms with Crippen LogP contribution in [0.4, 0.5) is 5.69 Å². The molecule has 0 aromatic heterocycles. The molecule has 2 nitrogen and oxygen atoms in total. The van der Waals surface area contributed by atoms with Crippen LogP contribution in [0.15, 0.2) is 24.3 Å². The quantitative estimate of drug-likeness (QED) is 0.815. The molecule has 1 N–H and O–H groups in total. The number of hydrogen-bond donors (Lipinski definition) is 1. The van der Waals surface area contributed by atoms with Gasteiger partial charge >= 0.3 is 0 Å². The topological polar surface area (TPSA) is 35.8 Å². The van der Waals surface area contributed by atoms with Crippen LogP contribution >= 0.6 is 0 Å². The van der Waals surface area contributed by atoms with Crippen LogP contribution < -0.4 is 5.32 Å². The highest BCUT2D eigenvalue weighted by atomic mass is 14.9. The summed E-state index contributed by atoms with van der Waals surface area (Å²) in [6, 6.07) is 10.8. The minimum Gasteiger partial charge on any atom is -0.384 e. The maximum atomic E-state index is 8.74. The molecule has 1 aromatic rings. The van der Waals surface area contributed by atoms with Crippen LogP contribution in [0.1, 0.15) is 31.7 Å². The van der Waals surface area contributed by atoms with E-state index in [9.17, 15) is 0 Å². The molecular formula is C14H18N2. The van der Waals surface area contributed by atoms with Crippen molar-refractivity contribution in [3.63, 3.8) is 0 Å². The largest absolute Gasteiger partial charge is 0.384 e. The summed E-state index contributed by atoms with van der Waals surface area (Å²) in [5, 5.41) is 12.2. The number of rotatable bonds is 5. The summed E-state index contributed by atoms with van der Waals surface area (Å²) in [6.07, 6.45) is 4.15. The second-order valence-electron chi connectivity index (χ2n) is 4.74. The Labute approximate surface area is 97.3 Å². The van der Waals surface area contributed by atoms with Crippen molar-refractivity contribution in [2.75, 3.05) is 11.9 Å². The summed E-state index contributed by atoms with van der Waals surface area (Å²) in [5.41, 5.74) is 2.82. The van der Waals surface area contributed by atoms with E-state index in [-0.39, 0.29) is 5.41 Å². The van der Waals surface area contributed by atoms with Gasteiger partial charge in [-0.1, -0.05) is 19.1 Å². The SMILES string of the molecule is CCc1cccc(NCC2(CC#N)CC2)c1. The normalized spacial score (nSPS) is 16.5. The van der Waals surface area contributed by atoms with Crippen LogP contribution in [0.2, 0.25) is 0 Å². The second-order valence-corrected chi connectivity index (χ2v) is 4.74. The lowest BCUT2D eigenvalue weighted by Gasteiger charge is -2.13. The fourth-order valence-electron chi connectivity index (χ4n) is 1.95. The fourth-order valence-corrected chi connectivity index (χ4v) is 1.95. The number of benzene rings is 1. The molecule has 0 heterocycles. The maximum Gasteiger partial charge on any atom is 0.0628 e. The first-order chi connectivity index (χ1) is 7.78. The zero-order valence-corrected chi connectivity index (χ0v) is 9.79. The highest BCUT2D eigenvalue weighted by molar-refractivity contribution is 5.46. The van der Waals surface area contributed by atoms with Gasteiger partial charge in [0.05, 0.1) is 6.07 Å². The Morgan fingerprint density at radius 3 is 2.88 bits per heavy atom. The van der Waals surface area contributed by atoms with Crippen LogP contribution in [0, 0.1) is 16.7 Å². The first-order valence-electron chi connectivity index (χ1n) is 5.98. The maximum absolute atomic E-state index is 8.74. The van der Waals surface area contributed by atoms with Crippen molar-refractivity contribution in [2.45, 2.75) is 32.6 Å². The summed E-state index contributed by atoms with van der Waals surface area (Å²) in [4.78, 5) is 0. The van der Waals surface area contributed by atoms with Gasteiger partial charge in [0.2, 0.25) is 0 Å². The van der Waals surface area contributed by atoms with Gasteiger partial charge in [-0.3, -0.25) is 0 Å². The molecule has 16 heavy (non-hydrogen) atoms. The first kappa shape index (κ1) is 11.0. The lowest BCUT2D eigenvalue weighted by Crippen LogP contribution is -2.14. The highest BCUT2D eigenvalue weighted by Crippen LogP contribution is 2.48. The van der Waals surface area contributed by atoms with Crippen molar-refractivity contribution < 1.29 is 0 Å². The molecule has 0 amide bonds. The molecule has 0 atom stereocenters. The third-order valence-electron chi connectivity index (χ3n) is 3.41. The van der Waals surface area contributed by atoms with Crippen molar-refractivity contribution >= 4 is 5.69 Å². The molecule has 2 rings (SSSR count). The molecule has 0 unspecified atom stereocenters. The molecule has 1 saturated carbocycles. The van der Waals surface area contributed by atoms with Gasteiger partial charge in [-0.15, -0.1) is 0 Å². The monoisotopic (exact) mass is 214 g/mol. The number of anilines is 1.